The van der Waals surface area contributed by atoms with Gasteiger partial charge in [-0.1, -0.05) is 26.0 Å². The molecular formula is C14H21NO4. The van der Waals surface area contributed by atoms with E-state index in [2.05, 4.69) is 0 Å². The molecule has 0 aliphatic rings. The molecule has 0 aromatic heterocycles. The molecule has 0 aliphatic heterocycles. The van der Waals surface area contributed by atoms with Crippen molar-refractivity contribution in [1.82, 2.24) is 4.90 Å². The van der Waals surface area contributed by atoms with Gasteiger partial charge in [-0.25, -0.2) is 0 Å². The molecule has 19 heavy (non-hydrogen) atoms. The van der Waals surface area contributed by atoms with Crippen molar-refractivity contribution in [3.63, 3.8) is 0 Å². The Balaban J connectivity index is 2.78. The van der Waals surface area contributed by atoms with Gasteiger partial charge in [-0.3, -0.25) is 9.69 Å². The van der Waals surface area contributed by atoms with E-state index in [4.69, 9.17) is 9.84 Å². The summed E-state index contributed by atoms with van der Waals surface area (Å²) in [6.45, 7) is 5.30. The number of methoxy groups -OCH3 is 1. The van der Waals surface area contributed by atoms with Crippen LogP contribution in [0.2, 0.25) is 0 Å². The average molecular weight is 267 g/mol. The summed E-state index contributed by atoms with van der Waals surface area (Å²) in [7, 11) is 1.50. The van der Waals surface area contributed by atoms with E-state index in [9.17, 15) is 9.90 Å². The summed E-state index contributed by atoms with van der Waals surface area (Å²) in [4.78, 5) is 12.9. The standard InChI is InChI=1S/C14H21NO4/c1-4-15(8-10(2)14(17)18)9-11-6-5-7-12(19-3)13(11)16/h5-7,10,16H,4,8-9H2,1-3H3,(H,17,18). The number of carbonyl (C=O) groups is 1. The number of para-hydroxylation sites is 1. The molecule has 0 saturated carbocycles. The number of hydrogen-bond acceptors (Lipinski definition) is 4. The lowest BCUT2D eigenvalue weighted by molar-refractivity contribution is -0.141. The van der Waals surface area contributed by atoms with Crippen LogP contribution < -0.4 is 4.74 Å². The molecule has 5 heteroatoms. The smallest absolute Gasteiger partial charge is 0.307 e. The Morgan fingerprint density at radius 1 is 1.47 bits per heavy atom. The van der Waals surface area contributed by atoms with E-state index in [0.29, 0.717) is 25.4 Å². The van der Waals surface area contributed by atoms with Crippen LogP contribution in [-0.4, -0.2) is 41.3 Å². The summed E-state index contributed by atoms with van der Waals surface area (Å²) in [6.07, 6.45) is 0. The number of carboxylic acid groups (broad SMARTS) is 1. The number of ether oxygens (including phenoxy) is 1. The molecule has 1 unspecified atom stereocenters. The Hall–Kier alpha value is -1.75. The van der Waals surface area contributed by atoms with Gasteiger partial charge in [0.1, 0.15) is 0 Å². The molecule has 106 valence electrons. The maximum atomic E-state index is 10.9. The van der Waals surface area contributed by atoms with Crippen LogP contribution in [0.5, 0.6) is 11.5 Å². The number of aliphatic carboxylic acids is 1. The summed E-state index contributed by atoms with van der Waals surface area (Å²) < 4.78 is 5.06. The van der Waals surface area contributed by atoms with Crippen LogP contribution >= 0.6 is 0 Å². The molecule has 0 aliphatic carbocycles. The summed E-state index contributed by atoms with van der Waals surface area (Å²) >= 11 is 0. The minimum absolute atomic E-state index is 0.117. The third kappa shape index (κ3) is 4.13. The van der Waals surface area contributed by atoms with Gasteiger partial charge >= 0.3 is 5.97 Å². The third-order valence-electron chi connectivity index (χ3n) is 3.10. The predicted molar refractivity (Wildman–Crippen MR) is 72.4 cm³/mol. The first kappa shape index (κ1) is 15.3. The SMILES string of the molecule is CCN(Cc1cccc(OC)c1O)CC(C)C(=O)O. The highest BCUT2D eigenvalue weighted by Gasteiger charge is 2.17. The molecule has 1 aromatic carbocycles. The number of benzene rings is 1. The van der Waals surface area contributed by atoms with Crippen LogP contribution in [0.15, 0.2) is 18.2 Å². The number of phenolic OH excluding ortho intramolecular Hbond substituents is 1. The van der Waals surface area contributed by atoms with Gasteiger partial charge < -0.3 is 14.9 Å². The molecule has 1 rings (SSSR count). The molecule has 0 heterocycles. The summed E-state index contributed by atoms with van der Waals surface area (Å²) in [5.41, 5.74) is 0.735. The molecule has 0 spiro atoms. The lowest BCUT2D eigenvalue weighted by Gasteiger charge is -2.23. The molecule has 0 radical (unpaired) electrons. The van der Waals surface area contributed by atoms with Crippen LogP contribution in [0.4, 0.5) is 0 Å². The van der Waals surface area contributed by atoms with Crippen LogP contribution in [0.3, 0.4) is 0 Å². The quantitative estimate of drug-likeness (QED) is 0.790. The molecule has 0 fully saturated rings. The Morgan fingerprint density at radius 3 is 2.68 bits per heavy atom. The van der Waals surface area contributed by atoms with E-state index in [-0.39, 0.29) is 5.75 Å². The van der Waals surface area contributed by atoms with E-state index in [1.54, 1.807) is 13.0 Å². The van der Waals surface area contributed by atoms with Gasteiger partial charge in [-0.15, -0.1) is 0 Å². The minimum atomic E-state index is -0.812. The van der Waals surface area contributed by atoms with Crippen molar-refractivity contribution in [2.75, 3.05) is 20.2 Å². The summed E-state index contributed by atoms with van der Waals surface area (Å²) in [5.74, 6) is -0.702. The average Bonchev–Trinajstić information content (AvgIpc) is 2.39. The van der Waals surface area contributed by atoms with Crippen molar-refractivity contribution in [2.24, 2.45) is 5.92 Å². The van der Waals surface area contributed by atoms with Crippen molar-refractivity contribution in [3.05, 3.63) is 23.8 Å². The second kappa shape index (κ2) is 6.99. The molecule has 1 aromatic rings. The number of hydrogen-bond donors (Lipinski definition) is 2. The second-order valence-electron chi connectivity index (χ2n) is 4.54. The van der Waals surface area contributed by atoms with Crippen molar-refractivity contribution in [3.8, 4) is 11.5 Å². The van der Waals surface area contributed by atoms with Crippen LogP contribution in [0.1, 0.15) is 19.4 Å². The molecular weight excluding hydrogens is 246 g/mol. The van der Waals surface area contributed by atoms with Crippen LogP contribution in [-0.2, 0) is 11.3 Å². The highest BCUT2D eigenvalue weighted by atomic mass is 16.5. The van der Waals surface area contributed by atoms with Crippen LogP contribution in [0.25, 0.3) is 0 Å². The molecule has 1 atom stereocenters. The number of aromatic hydroxyl groups is 1. The number of nitrogens with zero attached hydrogens (tertiary/aromatic N) is 1. The van der Waals surface area contributed by atoms with E-state index in [1.807, 2.05) is 24.0 Å². The Morgan fingerprint density at radius 2 is 2.16 bits per heavy atom. The largest absolute Gasteiger partial charge is 0.504 e. The van der Waals surface area contributed by atoms with Gasteiger partial charge in [0.25, 0.3) is 0 Å². The monoisotopic (exact) mass is 267 g/mol. The molecule has 0 saturated heterocycles. The first-order valence-electron chi connectivity index (χ1n) is 6.29. The highest BCUT2D eigenvalue weighted by molar-refractivity contribution is 5.69. The predicted octanol–water partition coefficient (Wildman–Crippen LogP) is 1.94. The number of rotatable bonds is 7. The normalized spacial score (nSPS) is 12.4. The Bertz CT molecular complexity index is 433. The molecule has 0 amide bonds. The molecule has 5 nitrogen and oxygen atoms in total. The van der Waals surface area contributed by atoms with E-state index in [0.717, 1.165) is 5.56 Å². The first-order valence-corrected chi connectivity index (χ1v) is 6.29. The second-order valence-corrected chi connectivity index (χ2v) is 4.54. The summed E-state index contributed by atoms with van der Waals surface area (Å²) in [5, 5.41) is 18.9. The van der Waals surface area contributed by atoms with Crippen molar-refractivity contribution in [1.29, 1.82) is 0 Å². The van der Waals surface area contributed by atoms with Gasteiger partial charge in [0, 0.05) is 18.7 Å². The minimum Gasteiger partial charge on any atom is -0.504 e. The van der Waals surface area contributed by atoms with Crippen molar-refractivity contribution < 1.29 is 19.7 Å². The zero-order valence-electron chi connectivity index (χ0n) is 11.6. The maximum absolute atomic E-state index is 10.9. The van der Waals surface area contributed by atoms with Gasteiger partial charge in [-0.2, -0.15) is 0 Å². The fraction of sp³-hybridized carbons (Fsp3) is 0.500. The maximum Gasteiger partial charge on any atom is 0.307 e. The molecule has 0 bridgehead atoms. The van der Waals surface area contributed by atoms with Gasteiger partial charge in [0.15, 0.2) is 11.5 Å². The van der Waals surface area contributed by atoms with E-state index in [1.165, 1.54) is 7.11 Å². The Kier molecular flexibility index (Phi) is 5.63. The lowest BCUT2D eigenvalue weighted by atomic mass is 10.1. The van der Waals surface area contributed by atoms with Gasteiger partial charge in [0.05, 0.1) is 13.0 Å². The first-order chi connectivity index (χ1) is 8.99. The lowest BCUT2D eigenvalue weighted by Crippen LogP contribution is -2.31. The van der Waals surface area contributed by atoms with E-state index < -0.39 is 11.9 Å². The fourth-order valence-electron chi connectivity index (χ4n) is 1.87. The topological polar surface area (TPSA) is 70.0 Å². The number of carboxylic acids is 1. The molecule has 2 N–H and O–H groups in total. The Labute approximate surface area is 113 Å². The van der Waals surface area contributed by atoms with Crippen LogP contribution in [0, 0.1) is 5.92 Å². The van der Waals surface area contributed by atoms with Gasteiger partial charge in [-0.05, 0) is 12.6 Å². The fourth-order valence-corrected chi connectivity index (χ4v) is 1.87. The zero-order chi connectivity index (χ0) is 14.4. The summed E-state index contributed by atoms with van der Waals surface area (Å²) in [6, 6.07) is 5.31. The van der Waals surface area contributed by atoms with E-state index >= 15 is 0 Å². The van der Waals surface area contributed by atoms with Crippen molar-refractivity contribution in [2.45, 2.75) is 20.4 Å². The zero-order valence-corrected chi connectivity index (χ0v) is 11.6. The number of phenols is 1. The van der Waals surface area contributed by atoms with Crippen molar-refractivity contribution >= 4 is 5.97 Å². The highest BCUT2D eigenvalue weighted by Crippen LogP contribution is 2.30. The third-order valence-corrected chi connectivity index (χ3v) is 3.10. The van der Waals surface area contributed by atoms with Gasteiger partial charge in [0.2, 0.25) is 0 Å².